The van der Waals surface area contributed by atoms with Gasteiger partial charge in [0.2, 0.25) is 0 Å². The number of anilines is 1. The first-order chi connectivity index (χ1) is 9.08. The Hall–Kier alpha value is -0.800. The highest BCUT2D eigenvalue weighted by Gasteiger charge is 2.09. The fourth-order valence-corrected chi connectivity index (χ4v) is 3.72. The molecule has 0 aliphatic heterocycles. The summed E-state index contributed by atoms with van der Waals surface area (Å²) in [5, 5.41) is 3.51. The van der Waals surface area contributed by atoms with Crippen molar-refractivity contribution in [2.45, 2.75) is 19.8 Å². The summed E-state index contributed by atoms with van der Waals surface area (Å²) in [7, 11) is 0. The predicted octanol–water partition coefficient (Wildman–Crippen LogP) is 5.74. The van der Waals surface area contributed by atoms with E-state index in [1.54, 1.807) is 0 Å². The van der Waals surface area contributed by atoms with E-state index in [-0.39, 0.29) is 0 Å². The standard InChI is InChI=1S/C16H17Br2N/c1-11-8-14(17)16(15(18)9-11)19-10-12(2)13-6-4-3-5-7-13/h3-9,12,19H,10H2,1-2H3. The van der Waals surface area contributed by atoms with E-state index >= 15 is 0 Å². The van der Waals surface area contributed by atoms with Crippen molar-refractivity contribution in [1.29, 1.82) is 0 Å². The highest BCUT2D eigenvalue weighted by Crippen LogP contribution is 2.32. The molecule has 0 spiro atoms. The van der Waals surface area contributed by atoms with E-state index in [0.29, 0.717) is 5.92 Å². The number of hydrogen-bond donors (Lipinski definition) is 1. The third kappa shape index (κ3) is 3.83. The number of rotatable bonds is 4. The highest BCUT2D eigenvalue weighted by atomic mass is 79.9. The highest BCUT2D eigenvalue weighted by molar-refractivity contribution is 9.11. The molecule has 3 heteroatoms. The Balaban J connectivity index is 2.07. The fraction of sp³-hybridized carbons (Fsp3) is 0.250. The first kappa shape index (κ1) is 14.6. The zero-order valence-electron chi connectivity index (χ0n) is 11.1. The van der Waals surface area contributed by atoms with Gasteiger partial charge in [0.25, 0.3) is 0 Å². The van der Waals surface area contributed by atoms with E-state index in [1.807, 2.05) is 0 Å². The van der Waals surface area contributed by atoms with Crippen LogP contribution in [-0.2, 0) is 0 Å². The quantitative estimate of drug-likeness (QED) is 0.711. The summed E-state index contributed by atoms with van der Waals surface area (Å²) >= 11 is 7.22. The van der Waals surface area contributed by atoms with Gasteiger partial charge in [-0.25, -0.2) is 0 Å². The van der Waals surface area contributed by atoms with Crippen LogP contribution in [0.15, 0.2) is 51.4 Å². The van der Waals surface area contributed by atoms with Gasteiger partial charge in [-0.15, -0.1) is 0 Å². The van der Waals surface area contributed by atoms with Gasteiger partial charge in [-0.05, 0) is 68.0 Å². The van der Waals surface area contributed by atoms with Crippen LogP contribution in [0.2, 0.25) is 0 Å². The second-order valence-electron chi connectivity index (χ2n) is 4.80. The summed E-state index contributed by atoms with van der Waals surface area (Å²) in [5.41, 5.74) is 3.71. The largest absolute Gasteiger partial charge is 0.383 e. The van der Waals surface area contributed by atoms with E-state index in [1.165, 1.54) is 11.1 Å². The van der Waals surface area contributed by atoms with Crippen LogP contribution < -0.4 is 5.32 Å². The number of nitrogens with one attached hydrogen (secondary N) is 1. The van der Waals surface area contributed by atoms with Gasteiger partial charge in [0.1, 0.15) is 0 Å². The van der Waals surface area contributed by atoms with Crippen molar-refractivity contribution in [2.75, 3.05) is 11.9 Å². The van der Waals surface area contributed by atoms with Crippen molar-refractivity contribution in [3.63, 3.8) is 0 Å². The second-order valence-corrected chi connectivity index (χ2v) is 6.50. The molecule has 1 atom stereocenters. The lowest BCUT2D eigenvalue weighted by Gasteiger charge is -2.16. The van der Waals surface area contributed by atoms with Crippen molar-refractivity contribution in [1.82, 2.24) is 0 Å². The zero-order chi connectivity index (χ0) is 13.8. The molecule has 0 heterocycles. The molecule has 2 rings (SSSR count). The van der Waals surface area contributed by atoms with Crippen LogP contribution in [0.25, 0.3) is 0 Å². The maximum atomic E-state index is 3.61. The molecular formula is C16H17Br2N. The van der Waals surface area contributed by atoms with Gasteiger partial charge in [-0.2, -0.15) is 0 Å². The number of halogens is 2. The van der Waals surface area contributed by atoms with Crippen molar-refractivity contribution in [2.24, 2.45) is 0 Å². The number of aryl methyl sites for hydroxylation is 1. The molecule has 0 amide bonds. The fourth-order valence-electron chi connectivity index (χ4n) is 2.02. The van der Waals surface area contributed by atoms with Crippen LogP contribution in [0, 0.1) is 6.92 Å². The minimum absolute atomic E-state index is 0.473. The molecule has 2 aromatic carbocycles. The van der Waals surface area contributed by atoms with Crippen molar-refractivity contribution in [3.05, 3.63) is 62.5 Å². The second kappa shape index (κ2) is 6.58. The Morgan fingerprint density at radius 1 is 1.05 bits per heavy atom. The van der Waals surface area contributed by atoms with Crippen LogP contribution in [0.1, 0.15) is 24.0 Å². The zero-order valence-corrected chi connectivity index (χ0v) is 14.3. The molecule has 0 radical (unpaired) electrons. The third-order valence-corrected chi connectivity index (χ3v) is 4.39. The van der Waals surface area contributed by atoms with Gasteiger partial charge in [0.05, 0.1) is 5.69 Å². The molecule has 1 unspecified atom stereocenters. The Bertz CT molecular complexity index is 529. The van der Waals surface area contributed by atoms with E-state index in [4.69, 9.17) is 0 Å². The molecule has 0 saturated heterocycles. The summed E-state index contributed by atoms with van der Waals surface area (Å²) in [6.07, 6.45) is 0. The molecule has 1 N–H and O–H groups in total. The van der Waals surface area contributed by atoms with E-state index in [0.717, 1.165) is 21.2 Å². The van der Waals surface area contributed by atoms with E-state index in [2.05, 4.69) is 93.5 Å². The minimum atomic E-state index is 0.473. The van der Waals surface area contributed by atoms with Gasteiger partial charge in [0.15, 0.2) is 0 Å². The molecule has 2 aromatic rings. The van der Waals surface area contributed by atoms with Crippen LogP contribution in [0.5, 0.6) is 0 Å². The third-order valence-electron chi connectivity index (χ3n) is 3.14. The SMILES string of the molecule is Cc1cc(Br)c(NCC(C)c2ccccc2)c(Br)c1. The van der Waals surface area contributed by atoms with Gasteiger partial charge in [-0.3, -0.25) is 0 Å². The van der Waals surface area contributed by atoms with Crippen LogP contribution in [0.4, 0.5) is 5.69 Å². The molecule has 100 valence electrons. The minimum Gasteiger partial charge on any atom is -0.383 e. The summed E-state index contributed by atoms with van der Waals surface area (Å²) in [6, 6.07) is 14.8. The smallest absolute Gasteiger partial charge is 0.0629 e. The summed E-state index contributed by atoms with van der Waals surface area (Å²) in [4.78, 5) is 0. The predicted molar refractivity (Wildman–Crippen MR) is 89.9 cm³/mol. The van der Waals surface area contributed by atoms with Gasteiger partial charge in [0, 0.05) is 15.5 Å². The van der Waals surface area contributed by atoms with Crippen molar-refractivity contribution in [3.8, 4) is 0 Å². The Kier molecular flexibility index (Phi) is 5.06. The molecule has 1 nitrogen and oxygen atoms in total. The topological polar surface area (TPSA) is 12.0 Å². The summed E-state index contributed by atoms with van der Waals surface area (Å²) in [6.45, 7) is 5.23. The molecule has 0 aromatic heterocycles. The van der Waals surface area contributed by atoms with Gasteiger partial charge < -0.3 is 5.32 Å². The van der Waals surface area contributed by atoms with Crippen LogP contribution in [-0.4, -0.2) is 6.54 Å². The van der Waals surface area contributed by atoms with E-state index < -0.39 is 0 Å². The lowest BCUT2D eigenvalue weighted by atomic mass is 10.0. The molecule has 0 saturated carbocycles. The first-order valence-electron chi connectivity index (χ1n) is 6.32. The monoisotopic (exact) mass is 381 g/mol. The average Bonchev–Trinajstić information content (AvgIpc) is 2.38. The summed E-state index contributed by atoms with van der Waals surface area (Å²) < 4.78 is 2.19. The van der Waals surface area contributed by atoms with E-state index in [9.17, 15) is 0 Å². The molecule has 0 aliphatic carbocycles. The van der Waals surface area contributed by atoms with Crippen molar-refractivity contribution >= 4 is 37.5 Å². The van der Waals surface area contributed by atoms with Gasteiger partial charge >= 0.3 is 0 Å². The Morgan fingerprint density at radius 3 is 2.21 bits per heavy atom. The van der Waals surface area contributed by atoms with Crippen molar-refractivity contribution < 1.29 is 0 Å². The normalized spacial score (nSPS) is 12.2. The Labute approximate surface area is 131 Å². The molecular weight excluding hydrogens is 366 g/mol. The molecule has 19 heavy (non-hydrogen) atoms. The molecule has 0 aliphatic rings. The number of benzene rings is 2. The maximum Gasteiger partial charge on any atom is 0.0629 e. The Morgan fingerprint density at radius 2 is 1.63 bits per heavy atom. The lowest BCUT2D eigenvalue weighted by molar-refractivity contribution is 0.804. The summed E-state index contributed by atoms with van der Waals surface area (Å²) in [5.74, 6) is 0.473. The lowest BCUT2D eigenvalue weighted by Crippen LogP contribution is -2.10. The van der Waals surface area contributed by atoms with Crippen LogP contribution >= 0.6 is 31.9 Å². The molecule has 0 bridgehead atoms. The average molecular weight is 383 g/mol. The number of hydrogen-bond acceptors (Lipinski definition) is 1. The van der Waals surface area contributed by atoms with Crippen LogP contribution in [0.3, 0.4) is 0 Å². The first-order valence-corrected chi connectivity index (χ1v) is 7.91. The molecule has 0 fully saturated rings. The van der Waals surface area contributed by atoms with Gasteiger partial charge in [-0.1, -0.05) is 37.3 Å². The maximum absolute atomic E-state index is 3.61.